The Hall–Kier alpha value is -1.53. The number of methoxy groups -OCH3 is 1. The van der Waals surface area contributed by atoms with Crippen LogP contribution in [0.15, 0.2) is 18.2 Å². The second kappa shape index (κ2) is 7.65. The number of carbonyl (C=O) groups excluding carboxylic acids is 1. The minimum Gasteiger partial charge on any atom is -0.372 e. The van der Waals surface area contributed by atoms with Crippen LogP contribution >= 0.6 is 0 Å². The van der Waals surface area contributed by atoms with Crippen molar-refractivity contribution in [2.24, 2.45) is 0 Å². The number of carbonyl (C=O) groups is 1. The van der Waals surface area contributed by atoms with Crippen LogP contribution in [0.2, 0.25) is 0 Å². The van der Waals surface area contributed by atoms with Gasteiger partial charge >= 0.3 is 0 Å². The van der Waals surface area contributed by atoms with Gasteiger partial charge in [0.05, 0.1) is 0 Å². The molecule has 4 nitrogen and oxygen atoms in total. The zero-order chi connectivity index (χ0) is 16.1. The molecule has 1 fully saturated rings. The number of hydrogen-bond donors (Lipinski definition) is 1. The fourth-order valence-corrected chi connectivity index (χ4v) is 2.65. The average Bonchev–Trinajstić information content (AvgIpc) is 2.50. The number of ether oxygens (including phenoxy) is 1. The molecule has 2 atom stereocenters. The molecule has 1 saturated heterocycles. The number of hydrogen-bond acceptors (Lipinski definition) is 3. The molecule has 0 bridgehead atoms. The highest BCUT2D eigenvalue weighted by Gasteiger charge is 2.24. The lowest BCUT2D eigenvalue weighted by Gasteiger charge is -2.33. The number of piperidine rings is 1. The molecule has 1 aromatic carbocycles. The lowest BCUT2D eigenvalue weighted by molar-refractivity contribution is -0.131. The van der Waals surface area contributed by atoms with Crippen LogP contribution in [0, 0.1) is 11.6 Å². The molecule has 0 aromatic heterocycles. The number of likely N-dealkylation sites (tertiary alicyclic amines) is 1. The predicted octanol–water partition coefficient (Wildman–Crippen LogP) is 2.08. The monoisotopic (exact) mass is 312 g/mol. The molecule has 1 aliphatic heterocycles. The number of nitrogens with one attached hydrogen (secondary N) is 1. The van der Waals surface area contributed by atoms with Crippen LogP contribution in [-0.4, -0.2) is 43.2 Å². The van der Waals surface area contributed by atoms with Gasteiger partial charge in [-0.2, -0.15) is 0 Å². The molecule has 6 heteroatoms. The van der Waals surface area contributed by atoms with Crippen molar-refractivity contribution >= 4 is 5.91 Å². The van der Waals surface area contributed by atoms with Gasteiger partial charge in [0, 0.05) is 31.8 Å². The van der Waals surface area contributed by atoms with Crippen molar-refractivity contribution in [3.8, 4) is 0 Å². The SMILES string of the molecule is CO[C@H](C)C(=O)N[C@@H]1CCCN(Cc2c(F)cccc2F)C1. The van der Waals surface area contributed by atoms with Crippen molar-refractivity contribution in [3.63, 3.8) is 0 Å². The van der Waals surface area contributed by atoms with Crippen LogP contribution in [0.25, 0.3) is 0 Å². The first-order valence-corrected chi connectivity index (χ1v) is 7.49. The van der Waals surface area contributed by atoms with Crippen molar-refractivity contribution < 1.29 is 18.3 Å². The van der Waals surface area contributed by atoms with Gasteiger partial charge in [0.25, 0.3) is 0 Å². The summed E-state index contributed by atoms with van der Waals surface area (Å²) >= 11 is 0. The molecule has 0 aliphatic carbocycles. The maximum atomic E-state index is 13.7. The minimum atomic E-state index is -0.529. The zero-order valence-electron chi connectivity index (χ0n) is 12.9. The molecule has 122 valence electrons. The molecule has 1 aromatic rings. The number of rotatable bonds is 5. The van der Waals surface area contributed by atoms with Crippen LogP contribution in [0.5, 0.6) is 0 Å². The zero-order valence-corrected chi connectivity index (χ0v) is 12.9. The van der Waals surface area contributed by atoms with E-state index in [1.54, 1.807) is 6.92 Å². The highest BCUT2D eigenvalue weighted by molar-refractivity contribution is 5.80. The van der Waals surface area contributed by atoms with Gasteiger partial charge < -0.3 is 10.1 Å². The van der Waals surface area contributed by atoms with E-state index in [0.29, 0.717) is 6.54 Å². The average molecular weight is 312 g/mol. The second-order valence-electron chi connectivity index (χ2n) is 5.66. The Morgan fingerprint density at radius 3 is 2.77 bits per heavy atom. The molecule has 1 heterocycles. The summed E-state index contributed by atoms with van der Waals surface area (Å²) in [4.78, 5) is 13.8. The lowest BCUT2D eigenvalue weighted by Crippen LogP contribution is -2.49. The first-order chi connectivity index (χ1) is 10.5. The van der Waals surface area contributed by atoms with E-state index in [-0.39, 0.29) is 24.1 Å². The van der Waals surface area contributed by atoms with E-state index in [1.165, 1.54) is 25.3 Å². The Labute approximate surface area is 129 Å². The Balaban J connectivity index is 1.95. The van der Waals surface area contributed by atoms with Crippen molar-refractivity contribution in [3.05, 3.63) is 35.4 Å². The van der Waals surface area contributed by atoms with Gasteiger partial charge in [-0.25, -0.2) is 8.78 Å². The van der Waals surface area contributed by atoms with Gasteiger partial charge in [0.1, 0.15) is 17.7 Å². The van der Waals surface area contributed by atoms with Crippen LogP contribution < -0.4 is 5.32 Å². The van der Waals surface area contributed by atoms with Crippen LogP contribution in [0.3, 0.4) is 0 Å². The van der Waals surface area contributed by atoms with Gasteiger partial charge in [0.15, 0.2) is 0 Å². The van der Waals surface area contributed by atoms with Crippen LogP contribution in [-0.2, 0) is 16.1 Å². The third-order valence-electron chi connectivity index (χ3n) is 4.02. The number of benzene rings is 1. The molecule has 2 rings (SSSR count). The first kappa shape index (κ1) is 16.8. The van der Waals surface area contributed by atoms with Gasteiger partial charge in [-0.1, -0.05) is 6.07 Å². The van der Waals surface area contributed by atoms with E-state index in [0.717, 1.165) is 19.4 Å². The topological polar surface area (TPSA) is 41.6 Å². The normalized spacial score (nSPS) is 20.6. The Kier molecular flexibility index (Phi) is 5.85. The Morgan fingerprint density at radius 1 is 1.45 bits per heavy atom. The Morgan fingerprint density at radius 2 is 2.14 bits per heavy atom. The van der Waals surface area contributed by atoms with E-state index in [2.05, 4.69) is 5.32 Å². The maximum Gasteiger partial charge on any atom is 0.249 e. The van der Waals surface area contributed by atoms with Crippen molar-refractivity contribution in [1.82, 2.24) is 10.2 Å². The van der Waals surface area contributed by atoms with Crippen LogP contribution in [0.4, 0.5) is 8.78 Å². The summed E-state index contributed by atoms with van der Waals surface area (Å²) in [5.74, 6) is -1.22. The highest BCUT2D eigenvalue weighted by atomic mass is 19.1. The van der Waals surface area contributed by atoms with E-state index in [4.69, 9.17) is 4.74 Å². The molecule has 0 radical (unpaired) electrons. The van der Waals surface area contributed by atoms with Gasteiger partial charge in [-0.05, 0) is 38.4 Å². The third kappa shape index (κ3) is 4.24. The smallest absolute Gasteiger partial charge is 0.249 e. The summed E-state index contributed by atoms with van der Waals surface area (Å²) in [6, 6.07) is 3.87. The fourth-order valence-electron chi connectivity index (χ4n) is 2.65. The predicted molar refractivity (Wildman–Crippen MR) is 79.3 cm³/mol. The van der Waals surface area contributed by atoms with Crippen molar-refractivity contribution in [2.75, 3.05) is 20.2 Å². The fraction of sp³-hybridized carbons (Fsp3) is 0.562. The molecular weight excluding hydrogens is 290 g/mol. The van der Waals surface area contributed by atoms with Crippen LogP contribution in [0.1, 0.15) is 25.3 Å². The number of amides is 1. The molecule has 22 heavy (non-hydrogen) atoms. The molecule has 1 amide bonds. The molecule has 1 N–H and O–H groups in total. The molecular formula is C16H22F2N2O2. The number of nitrogens with zero attached hydrogens (tertiary/aromatic N) is 1. The molecule has 0 spiro atoms. The third-order valence-corrected chi connectivity index (χ3v) is 4.02. The van der Waals surface area contributed by atoms with Crippen molar-refractivity contribution in [1.29, 1.82) is 0 Å². The Bertz CT molecular complexity index is 505. The van der Waals surface area contributed by atoms with E-state index >= 15 is 0 Å². The van der Waals surface area contributed by atoms with Gasteiger partial charge in [-0.15, -0.1) is 0 Å². The summed E-state index contributed by atoms with van der Waals surface area (Å²) in [5, 5.41) is 2.92. The number of halogens is 2. The van der Waals surface area contributed by atoms with E-state index in [1.807, 2.05) is 4.90 Å². The second-order valence-corrected chi connectivity index (χ2v) is 5.66. The van der Waals surface area contributed by atoms with E-state index < -0.39 is 17.7 Å². The maximum absolute atomic E-state index is 13.7. The molecule has 0 saturated carbocycles. The first-order valence-electron chi connectivity index (χ1n) is 7.49. The summed E-state index contributed by atoms with van der Waals surface area (Å²) in [6.45, 7) is 3.24. The van der Waals surface area contributed by atoms with Gasteiger partial charge in [0.2, 0.25) is 5.91 Å². The molecule has 1 aliphatic rings. The largest absolute Gasteiger partial charge is 0.372 e. The summed E-state index contributed by atoms with van der Waals surface area (Å²) < 4.78 is 32.4. The summed E-state index contributed by atoms with van der Waals surface area (Å²) in [5.41, 5.74) is 0.0831. The lowest BCUT2D eigenvalue weighted by atomic mass is 10.0. The summed E-state index contributed by atoms with van der Waals surface area (Å²) in [7, 11) is 1.48. The quantitative estimate of drug-likeness (QED) is 0.905. The summed E-state index contributed by atoms with van der Waals surface area (Å²) in [6.07, 6.45) is 1.24. The standard InChI is InChI=1S/C16H22F2N2O2/c1-11(22-2)16(21)19-12-5-4-8-20(9-12)10-13-14(17)6-3-7-15(13)18/h3,6-7,11-12H,4-5,8-10H2,1-2H3,(H,19,21)/t11-,12-/m1/s1. The molecule has 0 unspecified atom stereocenters. The van der Waals surface area contributed by atoms with Crippen molar-refractivity contribution in [2.45, 2.75) is 38.5 Å². The highest BCUT2D eigenvalue weighted by Crippen LogP contribution is 2.18. The van der Waals surface area contributed by atoms with E-state index in [9.17, 15) is 13.6 Å². The van der Waals surface area contributed by atoms with Gasteiger partial charge in [-0.3, -0.25) is 9.69 Å². The minimum absolute atomic E-state index is 0.0197.